The molecule has 0 aliphatic heterocycles. The Hall–Kier alpha value is -0.600. The van der Waals surface area contributed by atoms with Gasteiger partial charge in [0.25, 0.3) is 0 Å². The molecule has 0 atom stereocenters. The van der Waals surface area contributed by atoms with Crippen LogP contribution >= 0.6 is 0 Å². The van der Waals surface area contributed by atoms with E-state index in [-0.39, 0.29) is 5.12 Å². The standard InChI is InChI=1S/C19H38FNO/c1-3-4-5-6-7-8-9-10-11-12-13-14-15-16-17-18-19(22)21(2)20/h3-18H2,1-2H3. The molecule has 0 aliphatic carbocycles. The van der Waals surface area contributed by atoms with Crippen LogP contribution in [0.5, 0.6) is 0 Å². The molecule has 132 valence electrons. The Morgan fingerprint density at radius 2 is 1.00 bits per heavy atom. The highest BCUT2D eigenvalue weighted by atomic mass is 19.2. The molecule has 0 heterocycles. The molecule has 0 spiro atoms. The van der Waals surface area contributed by atoms with Crippen molar-refractivity contribution >= 4 is 5.91 Å². The number of carbonyl (C=O) groups excluding carboxylic acids is 1. The van der Waals surface area contributed by atoms with Gasteiger partial charge < -0.3 is 0 Å². The first-order chi connectivity index (χ1) is 10.7. The summed E-state index contributed by atoms with van der Waals surface area (Å²) in [6, 6.07) is 0. The van der Waals surface area contributed by atoms with Crippen LogP contribution in [0.15, 0.2) is 0 Å². The largest absolute Gasteiger partial charge is 0.272 e. The van der Waals surface area contributed by atoms with Gasteiger partial charge in [-0.25, -0.2) is 0 Å². The van der Waals surface area contributed by atoms with Crippen molar-refractivity contribution in [3.63, 3.8) is 0 Å². The van der Waals surface area contributed by atoms with E-state index in [0.29, 0.717) is 6.42 Å². The number of rotatable bonds is 16. The van der Waals surface area contributed by atoms with E-state index in [1.165, 1.54) is 90.5 Å². The highest BCUT2D eigenvalue weighted by Gasteiger charge is 2.05. The predicted molar refractivity (Wildman–Crippen MR) is 93.4 cm³/mol. The van der Waals surface area contributed by atoms with Gasteiger partial charge in [0.05, 0.1) is 0 Å². The lowest BCUT2D eigenvalue weighted by atomic mass is 10.0. The summed E-state index contributed by atoms with van der Waals surface area (Å²) >= 11 is 0. The maximum Gasteiger partial charge on any atom is 0.249 e. The first kappa shape index (κ1) is 21.4. The Bertz CT molecular complexity index is 244. The Kier molecular flexibility index (Phi) is 16.3. The summed E-state index contributed by atoms with van der Waals surface area (Å²) in [6.07, 6.45) is 19.9. The monoisotopic (exact) mass is 315 g/mol. The van der Waals surface area contributed by atoms with Gasteiger partial charge in [0.1, 0.15) is 0 Å². The summed E-state index contributed by atoms with van der Waals surface area (Å²) in [7, 11) is 1.17. The van der Waals surface area contributed by atoms with Crippen LogP contribution in [0, 0.1) is 0 Å². The molecule has 0 rings (SSSR count). The van der Waals surface area contributed by atoms with Crippen LogP contribution in [0.3, 0.4) is 0 Å². The summed E-state index contributed by atoms with van der Waals surface area (Å²) in [4.78, 5) is 11.0. The topological polar surface area (TPSA) is 20.3 Å². The average molecular weight is 316 g/mol. The minimum atomic E-state index is -0.394. The number of amides is 1. The molecule has 0 aromatic carbocycles. The second-order valence-electron chi connectivity index (χ2n) is 6.57. The van der Waals surface area contributed by atoms with E-state index in [1.54, 1.807) is 0 Å². The molecule has 0 aromatic heterocycles. The van der Waals surface area contributed by atoms with Crippen molar-refractivity contribution in [2.24, 2.45) is 0 Å². The zero-order valence-electron chi connectivity index (χ0n) is 15.0. The van der Waals surface area contributed by atoms with Crippen molar-refractivity contribution in [3.8, 4) is 0 Å². The van der Waals surface area contributed by atoms with Crippen molar-refractivity contribution in [1.29, 1.82) is 0 Å². The van der Waals surface area contributed by atoms with Crippen LogP contribution in [0.2, 0.25) is 0 Å². The molecule has 22 heavy (non-hydrogen) atoms. The summed E-state index contributed by atoms with van der Waals surface area (Å²) in [5.41, 5.74) is 0. The van der Waals surface area contributed by atoms with E-state index in [0.717, 1.165) is 12.8 Å². The predicted octanol–water partition coefficient (Wildman–Crippen LogP) is 6.59. The van der Waals surface area contributed by atoms with Crippen LogP contribution in [0.25, 0.3) is 0 Å². The lowest BCUT2D eigenvalue weighted by molar-refractivity contribution is -0.143. The molecule has 0 unspecified atom stereocenters. The van der Waals surface area contributed by atoms with Gasteiger partial charge in [-0.2, -0.15) is 5.12 Å². The summed E-state index contributed by atoms with van der Waals surface area (Å²) in [5, 5.41) is 0.198. The van der Waals surface area contributed by atoms with Crippen LogP contribution < -0.4 is 0 Å². The number of hydrogen-bond acceptors (Lipinski definition) is 1. The van der Waals surface area contributed by atoms with Crippen molar-refractivity contribution in [1.82, 2.24) is 5.12 Å². The van der Waals surface area contributed by atoms with E-state index in [2.05, 4.69) is 6.92 Å². The number of unbranched alkanes of at least 4 members (excludes halogenated alkanes) is 14. The lowest BCUT2D eigenvalue weighted by Gasteiger charge is -2.05. The molecular weight excluding hydrogens is 277 g/mol. The molecule has 0 saturated carbocycles. The third-order valence-electron chi connectivity index (χ3n) is 4.34. The fourth-order valence-corrected chi connectivity index (χ4v) is 2.80. The number of carbonyl (C=O) groups is 1. The molecule has 3 heteroatoms. The summed E-state index contributed by atoms with van der Waals surface area (Å²) in [5.74, 6) is -0.394. The van der Waals surface area contributed by atoms with Gasteiger partial charge in [-0.15, -0.1) is 0 Å². The molecule has 2 nitrogen and oxygen atoms in total. The first-order valence-corrected chi connectivity index (χ1v) is 9.60. The highest BCUT2D eigenvalue weighted by Crippen LogP contribution is 2.13. The summed E-state index contributed by atoms with van der Waals surface area (Å²) in [6.45, 7) is 2.27. The molecule has 1 amide bonds. The van der Waals surface area contributed by atoms with Crippen molar-refractivity contribution in [3.05, 3.63) is 0 Å². The molecular formula is C19H38FNO. The third-order valence-corrected chi connectivity index (χ3v) is 4.34. The van der Waals surface area contributed by atoms with Crippen molar-refractivity contribution in [2.75, 3.05) is 7.05 Å². The molecule has 0 bridgehead atoms. The van der Waals surface area contributed by atoms with Crippen LogP contribution in [0.1, 0.15) is 110 Å². The lowest BCUT2D eigenvalue weighted by Crippen LogP contribution is -2.16. The van der Waals surface area contributed by atoms with E-state index in [9.17, 15) is 9.28 Å². The maximum absolute atomic E-state index is 12.5. The molecule has 0 saturated heterocycles. The fourth-order valence-electron chi connectivity index (χ4n) is 2.80. The van der Waals surface area contributed by atoms with Gasteiger partial charge in [0, 0.05) is 13.5 Å². The number of halogens is 1. The molecule has 0 radical (unpaired) electrons. The SMILES string of the molecule is CCCCCCCCCCCCCCCCCC(=O)N(C)F. The zero-order chi connectivity index (χ0) is 16.5. The quantitative estimate of drug-likeness (QED) is 0.232. The normalized spacial score (nSPS) is 10.9. The van der Waals surface area contributed by atoms with Gasteiger partial charge in [-0.3, -0.25) is 4.79 Å². The minimum absolute atomic E-state index is 0.198. The van der Waals surface area contributed by atoms with E-state index < -0.39 is 5.91 Å². The van der Waals surface area contributed by atoms with Crippen LogP contribution in [-0.4, -0.2) is 18.1 Å². The van der Waals surface area contributed by atoms with E-state index in [4.69, 9.17) is 0 Å². The zero-order valence-corrected chi connectivity index (χ0v) is 15.0. The fraction of sp³-hybridized carbons (Fsp3) is 0.947. The molecule has 0 fully saturated rings. The Labute approximate surface area is 137 Å². The van der Waals surface area contributed by atoms with Crippen LogP contribution in [-0.2, 0) is 4.79 Å². The number of nitrogens with zero attached hydrogens (tertiary/aromatic N) is 1. The van der Waals surface area contributed by atoms with Gasteiger partial charge in [0.15, 0.2) is 0 Å². The van der Waals surface area contributed by atoms with Gasteiger partial charge in [-0.1, -0.05) is 101 Å². The smallest absolute Gasteiger partial charge is 0.249 e. The molecule has 0 aromatic rings. The number of hydrogen-bond donors (Lipinski definition) is 0. The molecule has 0 N–H and O–H groups in total. The van der Waals surface area contributed by atoms with Crippen LogP contribution in [0.4, 0.5) is 4.48 Å². The van der Waals surface area contributed by atoms with Crippen molar-refractivity contribution < 1.29 is 9.28 Å². The Morgan fingerprint density at radius 3 is 1.32 bits per heavy atom. The van der Waals surface area contributed by atoms with E-state index in [1.807, 2.05) is 0 Å². The second kappa shape index (κ2) is 16.8. The van der Waals surface area contributed by atoms with Gasteiger partial charge in [0.2, 0.25) is 5.91 Å². The molecule has 0 aliphatic rings. The average Bonchev–Trinajstić information content (AvgIpc) is 2.50. The third kappa shape index (κ3) is 15.8. The van der Waals surface area contributed by atoms with Gasteiger partial charge in [-0.05, 0) is 6.42 Å². The summed E-state index contributed by atoms with van der Waals surface area (Å²) < 4.78 is 12.5. The minimum Gasteiger partial charge on any atom is -0.272 e. The van der Waals surface area contributed by atoms with Gasteiger partial charge >= 0.3 is 0 Å². The second-order valence-corrected chi connectivity index (χ2v) is 6.57. The maximum atomic E-state index is 12.5. The van der Waals surface area contributed by atoms with E-state index >= 15 is 0 Å². The Balaban J connectivity index is 3.04. The Morgan fingerprint density at radius 1 is 0.682 bits per heavy atom. The van der Waals surface area contributed by atoms with Crippen molar-refractivity contribution in [2.45, 2.75) is 110 Å². The first-order valence-electron chi connectivity index (χ1n) is 9.60. The highest BCUT2D eigenvalue weighted by molar-refractivity contribution is 5.74.